The van der Waals surface area contributed by atoms with Crippen molar-refractivity contribution in [3.8, 4) is 0 Å². The number of carbonyl (C=O) groups is 1. The summed E-state index contributed by atoms with van der Waals surface area (Å²) in [4.78, 5) is 20.3. The molecule has 4 aliphatic rings. The number of piperidine rings is 3. The van der Waals surface area contributed by atoms with E-state index in [-0.39, 0.29) is 0 Å². The molecular weight excluding hydrogens is 322 g/mol. The van der Waals surface area contributed by atoms with Gasteiger partial charge in [0, 0.05) is 38.8 Å². The van der Waals surface area contributed by atoms with E-state index in [0.29, 0.717) is 12.3 Å². The van der Waals surface area contributed by atoms with Crippen LogP contribution in [0.2, 0.25) is 0 Å². The molecule has 4 heterocycles. The van der Waals surface area contributed by atoms with Gasteiger partial charge in [-0.2, -0.15) is 0 Å². The molecule has 1 aromatic carbocycles. The van der Waals surface area contributed by atoms with Gasteiger partial charge in [-0.15, -0.1) is 0 Å². The van der Waals surface area contributed by atoms with Crippen LogP contribution in [0.3, 0.4) is 0 Å². The van der Waals surface area contributed by atoms with Crippen LogP contribution < -0.4 is 0 Å². The maximum atomic E-state index is 12.9. The Morgan fingerprint density at radius 1 is 0.962 bits per heavy atom. The fourth-order valence-corrected chi connectivity index (χ4v) is 5.40. The molecule has 4 saturated heterocycles. The first-order chi connectivity index (χ1) is 12.5. The van der Waals surface area contributed by atoms with Crippen LogP contribution in [-0.4, -0.2) is 72.5 Å². The Labute approximate surface area is 158 Å². The standard InChI is InChI=1S/C22H33N3O/c1-16-12-17(2)20(18(3)13-16)14-22(26)25-10-8-24(9-11-25)21-15-23-6-4-19(21)5-7-23/h12-13,19,21H,4-11,14-15H2,1-3H3/t21-/m0/s1. The van der Waals surface area contributed by atoms with E-state index in [1.807, 2.05) is 0 Å². The van der Waals surface area contributed by atoms with Crippen molar-refractivity contribution < 1.29 is 4.79 Å². The maximum absolute atomic E-state index is 12.9. The average molecular weight is 356 g/mol. The van der Waals surface area contributed by atoms with Crippen LogP contribution in [0.4, 0.5) is 0 Å². The fraction of sp³-hybridized carbons (Fsp3) is 0.682. The van der Waals surface area contributed by atoms with Crippen molar-refractivity contribution in [1.29, 1.82) is 0 Å². The minimum atomic E-state index is 0.300. The van der Waals surface area contributed by atoms with Crippen molar-refractivity contribution in [1.82, 2.24) is 14.7 Å². The molecule has 26 heavy (non-hydrogen) atoms. The number of benzene rings is 1. The highest BCUT2D eigenvalue weighted by Gasteiger charge is 2.38. The molecule has 0 N–H and O–H groups in total. The Balaban J connectivity index is 1.34. The Morgan fingerprint density at radius 3 is 2.12 bits per heavy atom. The Bertz CT molecular complexity index is 647. The van der Waals surface area contributed by atoms with Crippen LogP contribution in [0.25, 0.3) is 0 Å². The third-order valence-corrected chi connectivity index (χ3v) is 6.93. The van der Waals surface area contributed by atoms with Gasteiger partial charge in [0.25, 0.3) is 0 Å². The van der Waals surface area contributed by atoms with E-state index in [0.717, 1.165) is 38.1 Å². The second-order valence-electron chi connectivity index (χ2n) is 8.68. The summed E-state index contributed by atoms with van der Waals surface area (Å²) in [5.41, 5.74) is 5.01. The van der Waals surface area contributed by atoms with E-state index >= 15 is 0 Å². The van der Waals surface area contributed by atoms with Gasteiger partial charge in [0.15, 0.2) is 0 Å². The molecule has 5 rings (SSSR count). The van der Waals surface area contributed by atoms with Gasteiger partial charge in [-0.05, 0) is 69.3 Å². The van der Waals surface area contributed by atoms with Crippen LogP contribution in [0, 0.1) is 26.7 Å². The lowest BCUT2D eigenvalue weighted by Crippen LogP contribution is -2.61. The lowest BCUT2D eigenvalue weighted by Gasteiger charge is -2.51. The van der Waals surface area contributed by atoms with Gasteiger partial charge in [0.05, 0.1) is 6.42 Å². The van der Waals surface area contributed by atoms with E-state index in [1.165, 1.54) is 54.7 Å². The molecule has 2 bridgehead atoms. The summed E-state index contributed by atoms with van der Waals surface area (Å²) in [6.45, 7) is 14.1. The van der Waals surface area contributed by atoms with E-state index in [4.69, 9.17) is 0 Å². The highest BCUT2D eigenvalue weighted by Crippen LogP contribution is 2.31. The zero-order chi connectivity index (χ0) is 18.3. The average Bonchev–Trinajstić information content (AvgIpc) is 2.65. The Hall–Kier alpha value is -1.39. The number of hydrogen-bond donors (Lipinski definition) is 0. The topological polar surface area (TPSA) is 26.8 Å². The zero-order valence-corrected chi connectivity index (χ0v) is 16.6. The van der Waals surface area contributed by atoms with Crippen LogP contribution in [-0.2, 0) is 11.2 Å². The number of nitrogens with zero attached hydrogens (tertiary/aromatic N) is 3. The normalized spacial score (nSPS) is 29.2. The van der Waals surface area contributed by atoms with E-state index in [1.54, 1.807) is 0 Å². The molecule has 0 unspecified atom stereocenters. The van der Waals surface area contributed by atoms with Crippen molar-refractivity contribution in [2.45, 2.75) is 46.1 Å². The first-order valence-electron chi connectivity index (χ1n) is 10.3. The number of fused-ring (bicyclic) bond motifs is 3. The minimum Gasteiger partial charge on any atom is -0.340 e. The van der Waals surface area contributed by atoms with Gasteiger partial charge in [-0.25, -0.2) is 0 Å². The summed E-state index contributed by atoms with van der Waals surface area (Å²) in [7, 11) is 0. The van der Waals surface area contributed by atoms with Gasteiger partial charge in [-0.3, -0.25) is 9.69 Å². The lowest BCUT2D eigenvalue weighted by molar-refractivity contribution is -0.133. The zero-order valence-electron chi connectivity index (χ0n) is 16.6. The molecule has 142 valence electrons. The van der Waals surface area contributed by atoms with Gasteiger partial charge < -0.3 is 9.80 Å². The Kier molecular flexibility index (Phi) is 5.07. The number of hydrogen-bond acceptors (Lipinski definition) is 3. The second kappa shape index (κ2) is 7.32. The molecule has 1 amide bonds. The van der Waals surface area contributed by atoms with Crippen molar-refractivity contribution in [3.63, 3.8) is 0 Å². The molecule has 4 nitrogen and oxygen atoms in total. The molecule has 1 atom stereocenters. The van der Waals surface area contributed by atoms with Crippen molar-refractivity contribution in [2.75, 3.05) is 45.8 Å². The molecule has 4 fully saturated rings. The van der Waals surface area contributed by atoms with Crippen LogP contribution in [0.1, 0.15) is 35.1 Å². The van der Waals surface area contributed by atoms with Crippen molar-refractivity contribution in [3.05, 3.63) is 34.4 Å². The second-order valence-corrected chi connectivity index (χ2v) is 8.68. The van der Waals surface area contributed by atoms with E-state index in [9.17, 15) is 4.79 Å². The van der Waals surface area contributed by atoms with Crippen LogP contribution in [0.5, 0.6) is 0 Å². The van der Waals surface area contributed by atoms with Gasteiger partial charge in [-0.1, -0.05) is 17.7 Å². The fourth-order valence-electron chi connectivity index (χ4n) is 5.40. The first-order valence-corrected chi connectivity index (χ1v) is 10.3. The van der Waals surface area contributed by atoms with Crippen LogP contribution >= 0.6 is 0 Å². The van der Waals surface area contributed by atoms with Crippen LogP contribution in [0.15, 0.2) is 12.1 Å². The number of piperazine rings is 1. The van der Waals surface area contributed by atoms with Gasteiger partial charge in [0.2, 0.25) is 5.91 Å². The lowest BCUT2D eigenvalue weighted by atomic mass is 9.83. The molecule has 4 aliphatic heterocycles. The summed E-state index contributed by atoms with van der Waals surface area (Å²) >= 11 is 0. The summed E-state index contributed by atoms with van der Waals surface area (Å²) in [6.07, 6.45) is 3.29. The highest BCUT2D eigenvalue weighted by molar-refractivity contribution is 5.79. The summed E-state index contributed by atoms with van der Waals surface area (Å²) in [5, 5.41) is 0. The Morgan fingerprint density at radius 2 is 1.58 bits per heavy atom. The number of amides is 1. The van der Waals surface area contributed by atoms with Crippen molar-refractivity contribution >= 4 is 5.91 Å². The molecule has 0 saturated carbocycles. The van der Waals surface area contributed by atoms with Gasteiger partial charge in [0.1, 0.15) is 0 Å². The number of rotatable bonds is 3. The number of aryl methyl sites for hydroxylation is 3. The van der Waals surface area contributed by atoms with E-state index in [2.05, 4.69) is 47.6 Å². The molecule has 0 aliphatic carbocycles. The third kappa shape index (κ3) is 3.54. The monoisotopic (exact) mass is 355 g/mol. The first kappa shape index (κ1) is 18.0. The van der Waals surface area contributed by atoms with Gasteiger partial charge >= 0.3 is 0 Å². The molecule has 4 heteroatoms. The predicted molar refractivity (Wildman–Crippen MR) is 105 cm³/mol. The summed E-state index contributed by atoms with van der Waals surface area (Å²) < 4.78 is 0. The van der Waals surface area contributed by atoms with E-state index < -0.39 is 0 Å². The number of carbonyl (C=O) groups excluding carboxylic acids is 1. The SMILES string of the molecule is Cc1cc(C)c(CC(=O)N2CCN([C@H]3CN4CCC3CC4)CC2)c(C)c1. The third-order valence-electron chi connectivity index (χ3n) is 6.93. The largest absolute Gasteiger partial charge is 0.340 e. The predicted octanol–water partition coefficient (Wildman–Crippen LogP) is 2.39. The molecule has 0 spiro atoms. The molecule has 0 aromatic heterocycles. The smallest absolute Gasteiger partial charge is 0.227 e. The molecule has 0 radical (unpaired) electrons. The minimum absolute atomic E-state index is 0.300. The summed E-state index contributed by atoms with van der Waals surface area (Å²) in [6, 6.07) is 5.12. The highest BCUT2D eigenvalue weighted by atomic mass is 16.2. The quantitative estimate of drug-likeness (QED) is 0.833. The van der Waals surface area contributed by atoms with Crippen molar-refractivity contribution in [2.24, 2.45) is 5.92 Å². The molecular formula is C22H33N3O. The maximum Gasteiger partial charge on any atom is 0.227 e. The molecule has 1 aromatic rings. The summed E-state index contributed by atoms with van der Waals surface area (Å²) in [5.74, 6) is 1.19.